The van der Waals surface area contributed by atoms with E-state index in [1.807, 2.05) is 0 Å². The van der Waals surface area contributed by atoms with Crippen molar-refractivity contribution in [1.29, 1.82) is 0 Å². The molecule has 0 bridgehead atoms. The van der Waals surface area contributed by atoms with Crippen LogP contribution in [0.3, 0.4) is 0 Å². The van der Waals surface area contributed by atoms with Crippen LogP contribution in [0.15, 0.2) is 24.3 Å². The van der Waals surface area contributed by atoms with E-state index < -0.39 is 48.8 Å². The zero-order chi connectivity index (χ0) is 17.8. The number of alkyl halides is 3. The number of carbonyl (C=O) groups is 3. The van der Waals surface area contributed by atoms with Crippen LogP contribution < -0.4 is 0 Å². The lowest BCUT2D eigenvalue weighted by Gasteiger charge is -2.16. The summed E-state index contributed by atoms with van der Waals surface area (Å²) in [5.74, 6) is -4.53. The molecule has 1 aromatic rings. The SMILES string of the molecule is O=C(O)CC(O)C(O)c1ccc(C(=O)CC(=O)C(F)(F)F)cc1. The van der Waals surface area contributed by atoms with Crippen molar-refractivity contribution in [3.63, 3.8) is 0 Å². The summed E-state index contributed by atoms with van der Waals surface area (Å²) >= 11 is 0. The number of ketones is 2. The number of aliphatic carboxylic acids is 1. The molecular formula is C14H13F3O6. The summed E-state index contributed by atoms with van der Waals surface area (Å²) in [4.78, 5) is 32.7. The highest BCUT2D eigenvalue weighted by Crippen LogP contribution is 2.22. The predicted octanol–water partition coefficient (Wildman–Crippen LogP) is 1.26. The summed E-state index contributed by atoms with van der Waals surface area (Å²) in [5, 5.41) is 27.7. The van der Waals surface area contributed by atoms with Gasteiger partial charge in [0, 0.05) is 5.56 Å². The lowest BCUT2D eigenvalue weighted by Crippen LogP contribution is -2.25. The monoisotopic (exact) mass is 334 g/mol. The molecule has 0 aromatic heterocycles. The first-order valence-electron chi connectivity index (χ1n) is 6.33. The van der Waals surface area contributed by atoms with E-state index in [9.17, 15) is 37.8 Å². The second-order valence-corrected chi connectivity index (χ2v) is 4.75. The molecule has 0 radical (unpaired) electrons. The quantitative estimate of drug-likeness (QED) is 0.511. The summed E-state index contributed by atoms with van der Waals surface area (Å²) in [6, 6.07) is 4.47. The molecule has 126 valence electrons. The van der Waals surface area contributed by atoms with Crippen LogP contribution >= 0.6 is 0 Å². The molecule has 2 atom stereocenters. The maximum Gasteiger partial charge on any atom is 0.450 e. The number of rotatable bonds is 7. The maximum atomic E-state index is 12.1. The number of aliphatic hydroxyl groups excluding tert-OH is 2. The van der Waals surface area contributed by atoms with E-state index in [-0.39, 0.29) is 11.1 Å². The van der Waals surface area contributed by atoms with Crippen LogP contribution in [0.2, 0.25) is 0 Å². The van der Waals surface area contributed by atoms with E-state index in [0.717, 1.165) is 24.3 Å². The molecule has 0 aliphatic carbocycles. The summed E-state index contributed by atoms with van der Waals surface area (Å²) in [6.07, 6.45) is -10.2. The summed E-state index contributed by atoms with van der Waals surface area (Å²) in [6.45, 7) is 0. The minimum absolute atomic E-state index is 0.0810. The van der Waals surface area contributed by atoms with Crippen LogP contribution in [0.4, 0.5) is 13.2 Å². The molecule has 0 aliphatic heterocycles. The molecular weight excluding hydrogens is 321 g/mol. The second-order valence-electron chi connectivity index (χ2n) is 4.75. The third-order valence-electron chi connectivity index (χ3n) is 2.96. The third-order valence-corrected chi connectivity index (χ3v) is 2.96. The first-order valence-corrected chi connectivity index (χ1v) is 6.33. The van der Waals surface area contributed by atoms with Gasteiger partial charge in [-0.25, -0.2) is 0 Å². The van der Waals surface area contributed by atoms with Gasteiger partial charge in [0.25, 0.3) is 0 Å². The lowest BCUT2D eigenvalue weighted by molar-refractivity contribution is -0.170. The average molecular weight is 334 g/mol. The molecule has 1 aromatic carbocycles. The fraction of sp³-hybridized carbons (Fsp3) is 0.357. The first-order chi connectivity index (χ1) is 10.5. The molecule has 9 heteroatoms. The van der Waals surface area contributed by atoms with Gasteiger partial charge < -0.3 is 15.3 Å². The van der Waals surface area contributed by atoms with Gasteiger partial charge >= 0.3 is 12.1 Å². The fourth-order valence-corrected chi connectivity index (χ4v) is 1.73. The van der Waals surface area contributed by atoms with Gasteiger partial charge in [0.05, 0.1) is 18.9 Å². The Hall–Kier alpha value is -2.26. The van der Waals surface area contributed by atoms with Crippen LogP contribution in [0.25, 0.3) is 0 Å². The molecule has 0 saturated carbocycles. The molecule has 0 fully saturated rings. The number of hydrogen-bond donors (Lipinski definition) is 3. The van der Waals surface area contributed by atoms with Crippen LogP contribution in [-0.2, 0) is 9.59 Å². The summed E-state index contributed by atoms with van der Waals surface area (Å²) < 4.78 is 36.2. The van der Waals surface area contributed by atoms with Crippen LogP contribution in [-0.4, -0.2) is 45.1 Å². The van der Waals surface area contributed by atoms with E-state index in [1.54, 1.807) is 0 Å². The van der Waals surface area contributed by atoms with Crippen molar-refractivity contribution in [2.24, 2.45) is 0 Å². The molecule has 23 heavy (non-hydrogen) atoms. The fourth-order valence-electron chi connectivity index (χ4n) is 1.73. The van der Waals surface area contributed by atoms with Gasteiger partial charge in [-0.3, -0.25) is 14.4 Å². The van der Waals surface area contributed by atoms with Crippen molar-refractivity contribution in [2.45, 2.75) is 31.2 Å². The van der Waals surface area contributed by atoms with Crippen molar-refractivity contribution in [2.75, 3.05) is 0 Å². The Labute approximate surface area is 128 Å². The minimum Gasteiger partial charge on any atom is -0.481 e. The van der Waals surface area contributed by atoms with Crippen molar-refractivity contribution in [3.05, 3.63) is 35.4 Å². The number of carbonyl (C=O) groups excluding carboxylic acids is 2. The Kier molecular flexibility index (Phi) is 5.99. The van der Waals surface area contributed by atoms with Gasteiger partial charge in [-0.15, -0.1) is 0 Å². The summed E-state index contributed by atoms with van der Waals surface area (Å²) in [7, 11) is 0. The number of carboxylic acids is 1. The number of hydrogen-bond acceptors (Lipinski definition) is 5. The standard InChI is InChI=1S/C14H13F3O6/c15-14(16,17)11(20)5-9(18)7-1-3-8(4-2-7)13(23)10(19)6-12(21)22/h1-4,10,13,19,23H,5-6H2,(H,21,22). The lowest BCUT2D eigenvalue weighted by atomic mass is 9.98. The zero-order valence-electron chi connectivity index (χ0n) is 11.6. The Morgan fingerprint density at radius 2 is 1.57 bits per heavy atom. The minimum atomic E-state index is -5.09. The number of Topliss-reactive ketones (excluding diaryl/α,β-unsaturated/α-hetero) is 2. The van der Waals surface area contributed by atoms with Crippen LogP contribution in [0.1, 0.15) is 34.9 Å². The highest BCUT2D eigenvalue weighted by molar-refractivity contribution is 6.09. The van der Waals surface area contributed by atoms with Gasteiger partial charge in [-0.05, 0) is 5.56 Å². The maximum absolute atomic E-state index is 12.1. The molecule has 0 saturated heterocycles. The van der Waals surface area contributed by atoms with Gasteiger partial charge in [0.15, 0.2) is 5.78 Å². The Balaban J connectivity index is 2.78. The highest BCUT2D eigenvalue weighted by atomic mass is 19.4. The van der Waals surface area contributed by atoms with E-state index in [1.165, 1.54) is 0 Å². The van der Waals surface area contributed by atoms with E-state index in [0.29, 0.717) is 0 Å². The van der Waals surface area contributed by atoms with Crippen molar-refractivity contribution in [3.8, 4) is 0 Å². The average Bonchev–Trinajstić information content (AvgIpc) is 2.44. The second kappa shape index (κ2) is 7.34. The predicted molar refractivity (Wildman–Crippen MR) is 69.7 cm³/mol. The molecule has 6 nitrogen and oxygen atoms in total. The Morgan fingerprint density at radius 1 is 1.04 bits per heavy atom. The molecule has 2 unspecified atom stereocenters. The van der Waals surface area contributed by atoms with E-state index >= 15 is 0 Å². The van der Waals surface area contributed by atoms with Gasteiger partial charge in [-0.2, -0.15) is 13.2 Å². The smallest absolute Gasteiger partial charge is 0.450 e. The Morgan fingerprint density at radius 3 is 2.00 bits per heavy atom. The number of carboxylic acid groups (broad SMARTS) is 1. The van der Waals surface area contributed by atoms with Crippen LogP contribution in [0.5, 0.6) is 0 Å². The Bertz CT molecular complexity index is 594. The van der Waals surface area contributed by atoms with E-state index in [4.69, 9.17) is 5.11 Å². The molecule has 0 amide bonds. The topological polar surface area (TPSA) is 112 Å². The molecule has 0 spiro atoms. The number of halogens is 3. The highest BCUT2D eigenvalue weighted by Gasteiger charge is 2.39. The van der Waals surface area contributed by atoms with Crippen molar-refractivity contribution in [1.82, 2.24) is 0 Å². The van der Waals surface area contributed by atoms with Crippen molar-refractivity contribution >= 4 is 17.5 Å². The van der Waals surface area contributed by atoms with Gasteiger partial charge in [0.1, 0.15) is 6.10 Å². The van der Waals surface area contributed by atoms with Gasteiger partial charge in [0.2, 0.25) is 5.78 Å². The third kappa shape index (κ3) is 5.46. The van der Waals surface area contributed by atoms with Crippen molar-refractivity contribution < 1.29 is 42.9 Å². The molecule has 1 rings (SSSR count). The first kappa shape index (κ1) is 18.8. The number of benzene rings is 1. The summed E-state index contributed by atoms with van der Waals surface area (Å²) in [5.41, 5.74) is -0.0938. The van der Waals surface area contributed by atoms with Gasteiger partial charge in [-0.1, -0.05) is 24.3 Å². The van der Waals surface area contributed by atoms with Crippen LogP contribution in [0, 0.1) is 0 Å². The largest absolute Gasteiger partial charge is 0.481 e. The molecule has 0 aliphatic rings. The normalized spacial score (nSPS) is 14.1. The zero-order valence-corrected chi connectivity index (χ0v) is 11.6. The molecule has 0 heterocycles. The molecule has 3 N–H and O–H groups in total. The van der Waals surface area contributed by atoms with E-state index in [2.05, 4.69) is 0 Å². The number of aliphatic hydroxyl groups is 2.